The summed E-state index contributed by atoms with van der Waals surface area (Å²) in [6.45, 7) is 6.14. The van der Waals surface area contributed by atoms with Crippen molar-refractivity contribution in [2.24, 2.45) is 0 Å². The van der Waals surface area contributed by atoms with Gasteiger partial charge in [0.05, 0.1) is 11.3 Å². The number of rotatable bonds is 11. The third-order valence-electron chi connectivity index (χ3n) is 5.40. The highest BCUT2D eigenvalue weighted by Crippen LogP contribution is 2.20. The van der Waals surface area contributed by atoms with E-state index in [0.29, 0.717) is 24.9 Å². The summed E-state index contributed by atoms with van der Waals surface area (Å²) in [4.78, 5) is 38.6. The Morgan fingerprint density at radius 1 is 1.03 bits per heavy atom. The van der Waals surface area contributed by atoms with Crippen LogP contribution in [0.15, 0.2) is 54.6 Å². The van der Waals surface area contributed by atoms with Crippen LogP contribution in [0.5, 0.6) is 0 Å². The zero-order valence-electron chi connectivity index (χ0n) is 18.4. The predicted molar refractivity (Wildman–Crippen MR) is 121 cm³/mol. The average Bonchev–Trinajstić information content (AvgIpc) is 2.77. The van der Waals surface area contributed by atoms with E-state index in [0.717, 1.165) is 12.0 Å². The minimum absolute atomic E-state index is 0.00263. The van der Waals surface area contributed by atoms with E-state index in [-0.39, 0.29) is 30.0 Å². The Labute approximate surface area is 183 Å². The van der Waals surface area contributed by atoms with Crippen LogP contribution in [0.4, 0.5) is 5.69 Å². The smallest absolute Gasteiger partial charge is 0.273 e. The fourth-order valence-corrected chi connectivity index (χ4v) is 3.44. The van der Waals surface area contributed by atoms with Gasteiger partial charge in [-0.1, -0.05) is 62.4 Å². The molecule has 31 heavy (non-hydrogen) atoms. The topological polar surface area (TPSA) is 92.6 Å². The predicted octanol–water partition coefficient (Wildman–Crippen LogP) is 3.90. The van der Waals surface area contributed by atoms with Crippen molar-refractivity contribution in [3.8, 4) is 0 Å². The minimum Gasteiger partial charge on any atom is -0.352 e. The van der Waals surface area contributed by atoms with Gasteiger partial charge in [0.25, 0.3) is 5.69 Å². The van der Waals surface area contributed by atoms with Crippen molar-refractivity contribution in [3.63, 3.8) is 0 Å². The fourth-order valence-electron chi connectivity index (χ4n) is 3.44. The Kier molecular flexibility index (Phi) is 9.18. The number of nitro benzene ring substituents is 1. The Balaban J connectivity index is 2.27. The maximum Gasteiger partial charge on any atom is 0.273 e. The highest BCUT2D eigenvalue weighted by Gasteiger charge is 2.30. The second kappa shape index (κ2) is 11.8. The molecule has 2 rings (SSSR count). The van der Waals surface area contributed by atoms with E-state index < -0.39 is 11.0 Å². The highest BCUT2D eigenvalue weighted by atomic mass is 16.6. The Bertz CT molecular complexity index is 885. The van der Waals surface area contributed by atoms with Gasteiger partial charge in [0.2, 0.25) is 11.8 Å². The van der Waals surface area contributed by atoms with Gasteiger partial charge < -0.3 is 10.2 Å². The number of amides is 2. The van der Waals surface area contributed by atoms with Gasteiger partial charge in [0.15, 0.2) is 0 Å². The molecular weight excluding hydrogens is 394 g/mol. The van der Waals surface area contributed by atoms with Crippen LogP contribution >= 0.6 is 0 Å². The SMILES string of the molecule is CC[C@@H](C)NC(=O)[C@H](CC)N(CCc1ccccc1)C(=O)Cc1ccccc1[N+](=O)[O-]. The monoisotopic (exact) mass is 425 g/mol. The number of nitrogens with one attached hydrogen (secondary N) is 1. The lowest BCUT2D eigenvalue weighted by Gasteiger charge is -2.31. The molecule has 0 radical (unpaired) electrons. The van der Waals surface area contributed by atoms with Gasteiger partial charge in [-0.25, -0.2) is 0 Å². The third kappa shape index (κ3) is 6.91. The molecule has 7 nitrogen and oxygen atoms in total. The molecule has 0 unspecified atom stereocenters. The summed E-state index contributed by atoms with van der Waals surface area (Å²) >= 11 is 0. The molecule has 1 N–H and O–H groups in total. The summed E-state index contributed by atoms with van der Waals surface area (Å²) in [7, 11) is 0. The van der Waals surface area contributed by atoms with E-state index in [9.17, 15) is 19.7 Å². The lowest BCUT2D eigenvalue weighted by atomic mass is 10.0. The van der Waals surface area contributed by atoms with Gasteiger partial charge in [-0.15, -0.1) is 0 Å². The Hall–Kier alpha value is -3.22. The molecule has 2 amide bonds. The lowest BCUT2D eigenvalue weighted by Crippen LogP contribution is -2.52. The number of para-hydroxylation sites is 1. The highest BCUT2D eigenvalue weighted by molar-refractivity contribution is 5.89. The Morgan fingerprint density at radius 2 is 1.68 bits per heavy atom. The van der Waals surface area contributed by atoms with Crippen molar-refractivity contribution in [1.82, 2.24) is 10.2 Å². The van der Waals surface area contributed by atoms with Crippen LogP contribution in [0.3, 0.4) is 0 Å². The van der Waals surface area contributed by atoms with Gasteiger partial charge in [0.1, 0.15) is 6.04 Å². The molecule has 7 heteroatoms. The van der Waals surface area contributed by atoms with Crippen LogP contribution in [0.2, 0.25) is 0 Å². The van der Waals surface area contributed by atoms with Crippen LogP contribution < -0.4 is 5.32 Å². The largest absolute Gasteiger partial charge is 0.352 e. The van der Waals surface area contributed by atoms with Crippen molar-refractivity contribution in [2.75, 3.05) is 6.54 Å². The number of carbonyl (C=O) groups excluding carboxylic acids is 2. The van der Waals surface area contributed by atoms with E-state index in [4.69, 9.17) is 0 Å². The molecule has 0 bridgehead atoms. The molecule has 0 aliphatic heterocycles. The van der Waals surface area contributed by atoms with Gasteiger partial charge >= 0.3 is 0 Å². The van der Waals surface area contributed by atoms with Gasteiger partial charge in [-0.05, 0) is 31.7 Å². The van der Waals surface area contributed by atoms with E-state index in [2.05, 4.69) is 5.32 Å². The van der Waals surface area contributed by atoms with Gasteiger partial charge in [-0.3, -0.25) is 19.7 Å². The van der Waals surface area contributed by atoms with Crippen LogP contribution in [-0.2, 0) is 22.4 Å². The van der Waals surface area contributed by atoms with Crippen molar-refractivity contribution in [3.05, 3.63) is 75.8 Å². The second-order valence-electron chi connectivity index (χ2n) is 7.63. The van der Waals surface area contributed by atoms with E-state index in [1.165, 1.54) is 6.07 Å². The first-order valence-corrected chi connectivity index (χ1v) is 10.7. The number of hydrogen-bond acceptors (Lipinski definition) is 4. The van der Waals surface area contributed by atoms with Crippen LogP contribution in [-0.4, -0.2) is 40.3 Å². The van der Waals surface area contributed by atoms with Crippen molar-refractivity contribution < 1.29 is 14.5 Å². The summed E-state index contributed by atoms with van der Waals surface area (Å²) in [6, 6.07) is 15.4. The molecule has 0 aliphatic rings. The molecule has 0 spiro atoms. The maximum atomic E-state index is 13.3. The molecule has 0 fully saturated rings. The molecule has 166 valence electrons. The molecule has 0 aromatic heterocycles. The molecule has 2 aromatic carbocycles. The Morgan fingerprint density at radius 3 is 2.29 bits per heavy atom. The number of benzene rings is 2. The summed E-state index contributed by atoms with van der Waals surface area (Å²) in [5.41, 5.74) is 1.32. The first-order valence-electron chi connectivity index (χ1n) is 10.7. The van der Waals surface area contributed by atoms with Gasteiger partial charge in [-0.2, -0.15) is 0 Å². The zero-order chi connectivity index (χ0) is 22.8. The van der Waals surface area contributed by atoms with Crippen molar-refractivity contribution in [1.29, 1.82) is 0 Å². The van der Waals surface area contributed by atoms with E-state index in [1.54, 1.807) is 23.1 Å². The lowest BCUT2D eigenvalue weighted by molar-refractivity contribution is -0.385. The molecule has 0 aliphatic carbocycles. The van der Waals surface area contributed by atoms with E-state index in [1.807, 2.05) is 51.1 Å². The number of nitro groups is 1. The average molecular weight is 426 g/mol. The molecular formula is C24H31N3O4. The molecule has 0 heterocycles. The standard InChI is InChI=1S/C24H31N3O4/c1-4-18(3)25-24(29)21(5-2)26(16-15-19-11-7-6-8-12-19)23(28)17-20-13-9-10-14-22(20)27(30)31/h6-14,18,21H,4-5,15-17H2,1-3H3,(H,25,29)/t18-,21+/m1/s1. The third-order valence-corrected chi connectivity index (χ3v) is 5.40. The van der Waals surface area contributed by atoms with Crippen LogP contribution in [0.1, 0.15) is 44.7 Å². The normalized spacial score (nSPS) is 12.6. The minimum atomic E-state index is -0.631. The summed E-state index contributed by atoms with van der Waals surface area (Å²) < 4.78 is 0. The number of nitrogens with zero attached hydrogens (tertiary/aromatic N) is 2. The summed E-state index contributed by atoms with van der Waals surface area (Å²) in [5.74, 6) is -0.489. The number of carbonyl (C=O) groups is 2. The zero-order valence-corrected chi connectivity index (χ0v) is 18.4. The summed E-state index contributed by atoms with van der Waals surface area (Å²) in [5, 5.41) is 14.3. The van der Waals surface area contributed by atoms with Gasteiger partial charge in [0, 0.05) is 24.2 Å². The molecule has 2 aromatic rings. The second-order valence-corrected chi connectivity index (χ2v) is 7.63. The molecule has 0 saturated heterocycles. The number of hydrogen-bond donors (Lipinski definition) is 1. The maximum absolute atomic E-state index is 13.3. The fraction of sp³-hybridized carbons (Fsp3) is 0.417. The van der Waals surface area contributed by atoms with Crippen molar-refractivity contribution >= 4 is 17.5 Å². The first-order chi connectivity index (χ1) is 14.9. The molecule has 2 atom stereocenters. The first kappa shape index (κ1) is 24.1. The van der Waals surface area contributed by atoms with Crippen LogP contribution in [0.25, 0.3) is 0 Å². The van der Waals surface area contributed by atoms with Crippen molar-refractivity contribution in [2.45, 2.75) is 58.5 Å². The van der Waals surface area contributed by atoms with Crippen LogP contribution in [0, 0.1) is 10.1 Å². The quantitative estimate of drug-likeness (QED) is 0.436. The van der Waals surface area contributed by atoms with E-state index >= 15 is 0 Å². The molecule has 0 saturated carbocycles. The summed E-state index contributed by atoms with van der Waals surface area (Å²) in [6.07, 6.45) is 1.71.